The summed E-state index contributed by atoms with van der Waals surface area (Å²) in [6, 6.07) is 0. The summed E-state index contributed by atoms with van der Waals surface area (Å²) in [6.07, 6.45) is 3.30. The molecule has 5 heteroatoms. The molecule has 0 aromatic heterocycles. The van der Waals surface area contributed by atoms with Crippen LogP contribution in [0, 0.1) is 0 Å². The van der Waals surface area contributed by atoms with Gasteiger partial charge in [0.15, 0.2) is 0 Å². The van der Waals surface area contributed by atoms with Crippen molar-refractivity contribution in [1.29, 1.82) is 0 Å². The normalized spacial score (nSPS) is 9.53. The van der Waals surface area contributed by atoms with Crippen LogP contribution in [0.5, 0.6) is 0 Å². The van der Waals surface area contributed by atoms with Gasteiger partial charge in [-0.1, -0.05) is 19.8 Å². The number of rotatable bonds is 8. The Hall–Kier alpha value is -0.320. The maximum absolute atomic E-state index is 11.5. The third-order valence-corrected chi connectivity index (χ3v) is 2.08. The molecular formula is C10H23ClN2O2. The number of nitrogens with zero attached hydrogens (tertiary/aromatic N) is 1. The Morgan fingerprint density at radius 3 is 2.47 bits per heavy atom. The van der Waals surface area contributed by atoms with Crippen molar-refractivity contribution in [1.82, 2.24) is 10.2 Å². The topological polar surface area (TPSA) is 52.6 Å². The quantitative estimate of drug-likeness (QED) is 0.611. The second-order valence-corrected chi connectivity index (χ2v) is 3.34. The Labute approximate surface area is 98.4 Å². The molecule has 0 fully saturated rings. The minimum Gasteiger partial charge on any atom is -0.395 e. The molecule has 0 saturated carbocycles. The molecule has 1 amide bonds. The summed E-state index contributed by atoms with van der Waals surface area (Å²) in [4.78, 5) is 13.2. The van der Waals surface area contributed by atoms with Crippen molar-refractivity contribution in [3.63, 3.8) is 0 Å². The van der Waals surface area contributed by atoms with Crippen LogP contribution < -0.4 is 5.32 Å². The van der Waals surface area contributed by atoms with Crippen molar-refractivity contribution < 1.29 is 9.90 Å². The van der Waals surface area contributed by atoms with E-state index in [4.69, 9.17) is 5.11 Å². The Bertz CT molecular complexity index is 156. The van der Waals surface area contributed by atoms with Crippen LogP contribution in [0.2, 0.25) is 0 Å². The lowest BCUT2D eigenvalue weighted by Crippen LogP contribution is -2.39. The van der Waals surface area contributed by atoms with Crippen LogP contribution >= 0.6 is 12.4 Å². The van der Waals surface area contributed by atoms with Gasteiger partial charge in [0.25, 0.3) is 0 Å². The number of amides is 1. The van der Waals surface area contributed by atoms with Gasteiger partial charge in [0.2, 0.25) is 5.91 Å². The molecule has 0 aromatic carbocycles. The predicted octanol–water partition coefficient (Wildman–Crippen LogP) is 0.639. The summed E-state index contributed by atoms with van der Waals surface area (Å²) >= 11 is 0. The van der Waals surface area contributed by atoms with Crippen LogP contribution in [-0.2, 0) is 4.79 Å². The number of aliphatic hydroxyl groups excluding tert-OH is 1. The van der Waals surface area contributed by atoms with Gasteiger partial charge in [-0.3, -0.25) is 4.79 Å². The second-order valence-electron chi connectivity index (χ2n) is 3.34. The molecule has 0 atom stereocenters. The van der Waals surface area contributed by atoms with E-state index in [0.717, 1.165) is 25.8 Å². The molecule has 0 unspecified atom stereocenters. The van der Waals surface area contributed by atoms with Crippen LogP contribution in [0.15, 0.2) is 0 Å². The van der Waals surface area contributed by atoms with Gasteiger partial charge in [-0.15, -0.1) is 12.4 Å². The average Bonchev–Trinajstić information content (AvgIpc) is 2.17. The number of likely N-dealkylation sites (N-methyl/N-ethyl adjacent to an activating group) is 1. The van der Waals surface area contributed by atoms with Crippen LogP contribution in [0.1, 0.15) is 26.2 Å². The van der Waals surface area contributed by atoms with E-state index in [9.17, 15) is 4.79 Å². The molecule has 0 spiro atoms. The van der Waals surface area contributed by atoms with Crippen LogP contribution in [0.4, 0.5) is 0 Å². The number of carbonyl (C=O) groups excluding carboxylic acids is 1. The number of halogens is 1. The Morgan fingerprint density at radius 2 is 2.00 bits per heavy atom. The summed E-state index contributed by atoms with van der Waals surface area (Å²) in [5, 5.41) is 11.6. The summed E-state index contributed by atoms with van der Waals surface area (Å²) in [7, 11) is 1.75. The monoisotopic (exact) mass is 238 g/mol. The van der Waals surface area contributed by atoms with Gasteiger partial charge in [-0.05, 0) is 13.5 Å². The molecule has 0 saturated heterocycles. The molecule has 0 bridgehead atoms. The highest BCUT2D eigenvalue weighted by Crippen LogP contribution is 1.98. The highest BCUT2D eigenvalue weighted by Gasteiger charge is 2.10. The van der Waals surface area contributed by atoms with Gasteiger partial charge in [-0.25, -0.2) is 0 Å². The summed E-state index contributed by atoms with van der Waals surface area (Å²) < 4.78 is 0. The molecule has 2 N–H and O–H groups in total. The lowest BCUT2D eigenvalue weighted by Gasteiger charge is -2.21. The van der Waals surface area contributed by atoms with E-state index >= 15 is 0 Å². The van der Waals surface area contributed by atoms with Gasteiger partial charge in [0, 0.05) is 13.1 Å². The number of unbranched alkanes of at least 4 members (excludes halogenated alkanes) is 2. The molecule has 0 radical (unpaired) electrons. The van der Waals surface area contributed by atoms with Gasteiger partial charge in [0.1, 0.15) is 0 Å². The fraction of sp³-hybridized carbons (Fsp3) is 0.900. The van der Waals surface area contributed by atoms with Crippen molar-refractivity contribution in [3.05, 3.63) is 0 Å². The maximum Gasteiger partial charge on any atom is 0.236 e. The van der Waals surface area contributed by atoms with E-state index in [2.05, 4.69) is 12.2 Å². The second kappa shape index (κ2) is 11.8. The minimum atomic E-state index is 0. The van der Waals surface area contributed by atoms with Crippen LogP contribution in [-0.4, -0.2) is 49.2 Å². The van der Waals surface area contributed by atoms with Crippen molar-refractivity contribution in [2.45, 2.75) is 26.2 Å². The minimum absolute atomic E-state index is 0. The Kier molecular flexibility index (Phi) is 13.4. The van der Waals surface area contributed by atoms with Crippen LogP contribution in [0.3, 0.4) is 0 Å². The molecule has 0 aliphatic rings. The van der Waals surface area contributed by atoms with Crippen LogP contribution in [0.25, 0.3) is 0 Å². The predicted molar refractivity (Wildman–Crippen MR) is 64.4 cm³/mol. The number of nitrogens with one attached hydrogen (secondary N) is 1. The third-order valence-electron chi connectivity index (χ3n) is 2.08. The molecule has 4 nitrogen and oxygen atoms in total. The SMILES string of the molecule is CCCCCN(CCO)C(=O)CNC.Cl. The molecule has 15 heavy (non-hydrogen) atoms. The first kappa shape index (κ1) is 17.1. The first-order valence-electron chi connectivity index (χ1n) is 5.29. The zero-order valence-corrected chi connectivity index (χ0v) is 10.5. The standard InChI is InChI=1S/C10H22N2O2.ClH/c1-3-4-5-6-12(7-8-13)10(14)9-11-2;/h11,13H,3-9H2,1-2H3;1H. The number of aliphatic hydroxyl groups is 1. The fourth-order valence-corrected chi connectivity index (χ4v) is 1.30. The maximum atomic E-state index is 11.5. The van der Waals surface area contributed by atoms with E-state index < -0.39 is 0 Å². The largest absolute Gasteiger partial charge is 0.395 e. The molecular weight excluding hydrogens is 216 g/mol. The Morgan fingerprint density at radius 1 is 1.33 bits per heavy atom. The average molecular weight is 239 g/mol. The summed E-state index contributed by atoms with van der Waals surface area (Å²) in [5.74, 6) is 0.0673. The van der Waals surface area contributed by atoms with Gasteiger partial charge < -0.3 is 15.3 Å². The molecule has 0 rings (SSSR count). The van der Waals surface area contributed by atoms with Gasteiger partial charge in [0.05, 0.1) is 13.2 Å². The van der Waals surface area contributed by atoms with Crippen molar-refractivity contribution in [3.8, 4) is 0 Å². The van der Waals surface area contributed by atoms with Crippen molar-refractivity contribution in [2.24, 2.45) is 0 Å². The molecule has 92 valence electrons. The first-order valence-corrected chi connectivity index (χ1v) is 5.29. The van der Waals surface area contributed by atoms with Crippen molar-refractivity contribution >= 4 is 18.3 Å². The summed E-state index contributed by atoms with van der Waals surface area (Å²) in [5.41, 5.74) is 0. The highest BCUT2D eigenvalue weighted by molar-refractivity contribution is 5.85. The molecule has 0 aliphatic carbocycles. The van der Waals surface area contributed by atoms with E-state index in [0.29, 0.717) is 13.1 Å². The molecule has 0 aliphatic heterocycles. The first-order chi connectivity index (χ1) is 6.76. The number of carbonyl (C=O) groups is 1. The summed E-state index contributed by atoms with van der Waals surface area (Å²) in [6.45, 7) is 3.73. The highest BCUT2D eigenvalue weighted by atomic mass is 35.5. The van der Waals surface area contributed by atoms with E-state index in [1.165, 1.54) is 0 Å². The van der Waals surface area contributed by atoms with Gasteiger partial charge >= 0.3 is 0 Å². The Balaban J connectivity index is 0. The number of hydrogen-bond acceptors (Lipinski definition) is 3. The zero-order valence-electron chi connectivity index (χ0n) is 9.66. The third kappa shape index (κ3) is 8.66. The van der Waals surface area contributed by atoms with E-state index in [-0.39, 0.29) is 24.9 Å². The fourth-order valence-electron chi connectivity index (χ4n) is 1.30. The number of hydrogen-bond donors (Lipinski definition) is 2. The molecule has 0 heterocycles. The van der Waals surface area contributed by atoms with Gasteiger partial charge in [-0.2, -0.15) is 0 Å². The lowest BCUT2D eigenvalue weighted by atomic mass is 10.2. The smallest absolute Gasteiger partial charge is 0.236 e. The van der Waals surface area contributed by atoms with Crippen molar-refractivity contribution in [2.75, 3.05) is 33.3 Å². The lowest BCUT2D eigenvalue weighted by molar-refractivity contribution is -0.130. The zero-order chi connectivity index (χ0) is 10.8. The molecule has 0 aromatic rings. The van der Waals surface area contributed by atoms with E-state index in [1.807, 2.05) is 0 Å². The van der Waals surface area contributed by atoms with E-state index in [1.54, 1.807) is 11.9 Å².